The van der Waals surface area contributed by atoms with Crippen LogP contribution < -0.4 is 5.32 Å². The minimum Gasteiger partial charge on any atom is -0.314 e. The summed E-state index contributed by atoms with van der Waals surface area (Å²) in [6, 6.07) is 0. The quantitative estimate of drug-likeness (QED) is 0.850. The number of thiazole rings is 1. The van der Waals surface area contributed by atoms with Crippen LogP contribution in [0, 0.1) is 6.92 Å². The Morgan fingerprint density at radius 2 is 2.40 bits per heavy atom. The molecule has 0 fully saturated rings. The van der Waals surface area contributed by atoms with Crippen molar-refractivity contribution >= 4 is 11.3 Å². The predicted octanol–water partition coefficient (Wildman–Crippen LogP) is 1.42. The standard InChI is InChI=1S/C10H14N4S/c1-8-3-12-14(5-8)6-9-7-15-10(13-9)4-11-2/h3,5,7,11H,4,6H2,1-2H3. The average molecular weight is 222 g/mol. The Bertz CT molecular complexity index is 432. The molecular formula is C10H14N4S. The predicted molar refractivity (Wildman–Crippen MR) is 60.9 cm³/mol. The van der Waals surface area contributed by atoms with E-state index < -0.39 is 0 Å². The van der Waals surface area contributed by atoms with Gasteiger partial charge in [0.05, 0.1) is 18.4 Å². The second kappa shape index (κ2) is 4.55. The third-order valence-corrected chi connectivity index (χ3v) is 2.91. The van der Waals surface area contributed by atoms with Crippen LogP contribution in [0.2, 0.25) is 0 Å². The highest BCUT2D eigenvalue weighted by molar-refractivity contribution is 7.09. The number of nitrogens with zero attached hydrogens (tertiary/aromatic N) is 3. The lowest BCUT2D eigenvalue weighted by Gasteiger charge is -1.96. The minimum atomic E-state index is 0.758. The van der Waals surface area contributed by atoms with Gasteiger partial charge >= 0.3 is 0 Å². The fourth-order valence-corrected chi connectivity index (χ4v) is 2.17. The van der Waals surface area contributed by atoms with Crippen LogP contribution in [0.15, 0.2) is 17.8 Å². The Labute approximate surface area is 93.0 Å². The van der Waals surface area contributed by atoms with Crippen molar-refractivity contribution in [2.24, 2.45) is 0 Å². The molecule has 0 aliphatic heterocycles. The molecule has 5 heteroatoms. The number of aryl methyl sites for hydroxylation is 1. The van der Waals surface area contributed by atoms with Crippen LogP contribution in [0.25, 0.3) is 0 Å². The van der Waals surface area contributed by atoms with Crippen molar-refractivity contribution in [1.82, 2.24) is 20.1 Å². The van der Waals surface area contributed by atoms with Crippen molar-refractivity contribution in [1.29, 1.82) is 0 Å². The highest BCUT2D eigenvalue weighted by Crippen LogP contribution is 2.10. The zero-order chi connectivity index (χ0) is 10.7. The van der Waals surface area contributed by atoms with Gasteiger partial charge in [0.15, 0.2) is 0 Å². The van der Waals surface area contributed by atoms with Crippen LogP contribution in [0.3, 0.4) is 0 Å². The molecule has 0 saturated carbocycles. The van der Waals surface area contributed by atoms with E-state index in [0.29, 0.717) is 0 Å². The SMILES string of the molecule is CNCc1nc(Cn2cc(C)cn2)cs1. The van der Waals surface area contributed by atoms with Gasteiger partial charge in [-0.2, -0.15) is 5.10 Å². The van der Waals surface area contributed by atoms with E-state index in [2.05, 4.69) is 20.8 Å². The summed E-state index contributed by atoms with van der Waals surface area (Å²) in [6.07, 6.45) is 3.89. The van der Waals surface area contributed by atoms with Gasteiger partial charge in [0.1, 0.15) is 5.01 Å². The number of hydrogen-bond acceptors (Lipinski definition) is 4. The maximum absolute atomic E-state index is 4.50. The van der Waals surface area contributed by atoms with Gasteiger partial charge in [0.2, 0.25) is 0 Å². The Morgan fingerprint density at radius 3 is 3.07 bits per heavy atom. The van der Waals surface area contributed by atoms with Gasteiger partial charge in [0, 0.05) is 18.1 Å². The molecule has 0 aliphatic carbocycles. The van der Waals surface area contributed by atoms with E-state index in [1.54, 1.807) is 11.3 Å². The van der Waals surface area contributed by atoms with Crippen LogP contribution in [0.1, 0.15) is 16.3 Å². The van der Waals surface area contributed by atoms with Gasteiger partial charge in [-0.1, -0.05) is 0 Å². The summed E-state index contributed by atoms with van der Waals surface area (Å²) >= 11 is 1.69. The third kappa shape index (κ3) is 2.64. The first-order valence-corrected chi connectivity index (χ1v) is 5.73. The van der Waals surface area contributed by atoms with Crippen LogP contribution in [0.4, 0.5) is 0 Å². The number of nitrogens with one attached hydrogen (secondary N) is 1. The normalized spacial score (nSPS) is 10.8. The fourth-order valence-electron chi connectivity index (χ4n) is 1.37. The van der Waals surface area contributed by atoms with E-state index in [-0.39, 0.29) is 0 Å². The smallest absolute Gasteiger partial charge is 0.107 e. The molecule has 0 spiro atoms. The van der Waals surface area contributed by atoms with Crippen molar-refractivity contribution in [3.05, 3.63) is 34.0 Å². The van der Waals surface area contributed by atoms with Gasteiger partial charge in [-0.3, -0.25) is 4.68 Å². The Balaban J connectivity index is 2.04. The Kier molecular flexibility index (Phi) is 3.13. The summed E-state index contributed by atoms with van der Waals surface area (Å²) in [5.41, 5.74) is 2.26. The average Bonchev–Trinajstić information content (AvgIpc) is 2.78. The highest BCUT2D eigenvalue weighted by Gasteiger charge is 2.02. The molecule has 2 aromatic rings. The molecule has 4 nitrogen and oxygen atoms in total. The van der Waals surface area contributed by atoms with Gasteiger partial charge in [-0.05, 0) is 19.5 Å². The molecule has 0 aliphatic rings. The van der Waals surface area contributed by atoms with E-state index in [0.717, 1.165) is 23.8 Å². The maximum atomic E-state index is 4.50. The second-order valence-electron chi connectivity index (χ2n) is 3.48. The molecule has 80 valence electrons. The third-order valence-electron chi connectivity index (χ3n) is 2.01. The van der Waals surface area contributed by atoms with Gasteiger partial charge in [0.25, 0.3) is 0 Å². The highest BCUT2D eigenvalue weighted by atomic mass is 32.1. The zero-order valence-corrected chi connectivity index (χ0v) is 9.71. The molecule has 0 aromatic carbocycles. The first-order valence-electron chi connectivity index (χ1n) is 4.85. The summed E-state index contributed by atoms with van der Waals surface area (Å²) in [6.45, 7) is 3.63. The lowest BCUT2D eigenvalue weighted by atomic mass is 10.4. The van der Waals surface area contributed by atoms with Gasteiger partial charge in [-0.15, -0.1) is 11.3 Å². The van der Waals surface area contributed by atoms with Crippen molar-refractivity contribution < 1.29 is 0 Å². The van der Waals surface area contributed by atoms with Crippen molar-refractivity contribution in [2.75, 3.05) is 7.05 Å². The molecule has 2 heterocycles. The topological polar surface area (TPSA) is 42.7 Å². The summed E-state index contributed by atoms with van der Waals surface area (Å²) in [5, 5.41) is 10.5. The molecule has 0 unspecified atom stereocenters. The number of rotatable bonds is 4. The summed E-state index contributed by atoms with van der Waals surface area (Å²) < 4.78 is 1.91. The van der Waals surface area contributed by atoms with Gasteiger partial charge < -0.3 is 5.32 Å². The minimum absolute atomic E-state index is 0.758. The molecule has 15 heavy (non-hydrogen) atoms. The summed E-state index contributed by atoms with van der Waals surface area (Å²) in [4.78, 5) is 4.50. The Morgan fingerprint density at radius 1 is 1.53 bits per heavy atom. The molecule has 2 aromatic heterocycles. The molecule has 0 radical (unpaired) electrons. The number of aromatic nitrogens is 3. The van der Waals surface area contributed by atoms with E-state index in [1.807, 2.05) is 31.0 Å². The van der Waals surface area contributed by atoms with E-state index >= 15 is 0 Å². The van der Waals surface area contributed by atoms with E-state index in [4.69, 9.17) is 0 Å². The maximum Gasteiger partial charge on any atom is 0.107 e. The van der Waals surface area contributed by atoms with Crippen LogP contribution in [-0.2, 0) is 13.1 Å². The van der Waals surface area contributed by atoms with Gasteiger partial charge in [-0.25, -0.2) is 4.98 Å². The van der Waals surface area contributed by atoms with Crippen LogP contribution in [-0.4, -0.2) is 21.8 Å². The number of hydrogen-bond donors (Lipinski definition) is 1. The molecular weight excluding hydrogens is 208 g/mol. The van der Waals surface area contributed by atoms with Crippen molar-refractivity contribution in [2.45, 2.75) is 20.0 Å². The summed E-state index contributed by atoms with van der Waals surface area (Å²) in [7, 11) is 1.93. The first kappa shape index (κ1) is 10.3. The van der Waals surface area contributed by atoms with Crippen LogP contribution in [0.5, 0.6) is 0 Å². The second-order valence-corrected chi connectivity index (χ2v) is 4.42. The molecule has 1 N–H and O–H groups in total. The van der Waals surface area contributed by atoms with Crippen molar-refractivity contribution in [3.8, 4) is 0 Å². The molecule has 0 bridgehead atoms. The fraction of sp³-hybridized carbons (Fsp3) is 0.400. The van der Waals surface area contributed by atoms with Crippen LogP contribution >= 0.6 is 11.3 Å². The van der Waals surface area contributed by atoms with E-state index in [1.165, 1.54) is 5.56 Å². The molecule has 0 saturated heterocycles. The zero-order valence-electron chi connectivity index (χ0n) is 8.90. The lowest BCUT2D eigenvalue weighted by molar-refractivity contribution is 0.671. The summed E-state index contributed by atoms with van der Waals surface area (Å²) in [5.74, 6) is 0. The molecule has 0 atom stereocenters. The molecule has 0 amide bonds. The van der Waals surface area contributed by atoms with E-state index in [9.17, 15) is 0 Å². The Hall–Kier alpha value is -1.20. The first-order chi connectivity index (χ1) is 7.28. The molecule has 2 rings (SSSR count). The largest absolute Gasteiger partial charge is 0.314 e. The monoisotopic (exact) mass is 222 g/mol. The lowest BCUT2D eigenvalue weighted by Crippen LogP contribution is -2.05. The van der Waals surface area contributed by atoms with Crippen molar-refractivity contribution in [3.63, 3.8) is 0 Å².